The normalized spacial score (nSPS) is 28.0. The summed E-state index contributed by atoms with van der Waals surface area (Å²) >= 11 is 0. The number of methoxy groups -OCH3 is 1. The third-order valence-electron chi connectivity index (χ3n) is 4.70. The molecule has 0 heterocycles. The van der Waals surface area contributed by atoms with Gasteiger partial charge in [-0.3, -0.25) is 0 Å². The van der Waals surface area contributed by atoms with Crippen molar-refractivity contribution in [3.8, 4) is 0 Å². The average molecular weight is 256 g/mol. The number of aliphatic hydroxyl groups is 1. The number of rotatable bonds is 8. The van der Waals surface area contributed by atoms with Gasteiger partial charge in [-0.2, -0.15) is 0 Å². The van der Waals surface area contributed by atoms with Gasteiger partial charge in [-0.25, -0.2) is 0 Å². The molecule has 0 aliphatic heterocycles. The summed E-state index contributed by atoms with van der Waals surface area (Å²) in [5.41, 5.74) is 0. The highest BCUT2D eigenvalue weighted by Gasteiger charge is 2.29. The van der Waals surface area contributed by atoms with Crippen molar-refractivity contribution in [3.05, 3.63) is 0 Å². The summed E-state index contributed by atoms with van der Waals surface area (Å²) in [6.45, 7) is 5.20. The first kappa shape index (κ1) is 16.0. The molecule has 0 amide bonds. The molecule has 0 aromatic heterocycles. The Morgan fingerprint density at radius 3 is 2.44 bits per heavy atom. The van der Waals surface area contributed by atoms with Crippen LogP contribution in [0.4, 0.5) is 0 Å². The maximum atomic E-state index is 10.4. The molecule has 0 radical (unpaired) electrons. The molecule has 1 saturated carbocycles. The van der Waals surface area contributed by atoms with Gasteiger partial charge in [0.05, 0.1) is 6.10 Å². The Balaban J connectivity index is 2.24. The fourth-order valence-corrected chi connectivity index (χ4v) is 3.25. The molecule has 0 aromatic rings. The fourth-order valence-electron chi connectivity index (χ4n) is 3.25. The third kappa shape index (κ3) is 5.27. The van der Waals surface area contributed by atoms with E-state index in [2.05, 4.69) is 13.8 Å². The van der Waals surface area contributed by atoms with Crippen LogP contribution in [0.15, 0.2) is 0 Å². The zero-order valence-electron chi connectivity index (χ0n) is 12.5. The van der Waals surface area contributed by atoms with Crippen LogP contribution in [0.5, 0.6) is 0 Å². The number of hydrogen-bond donors (Lipinski definition) is 1. The second-order valence-corrected chi connectivity index (χ2v) is 6.17. The van der Waals surface area contributed by atoms with E-state index in [0.29, 0.717) is 11.8 Å². The summed E-state index contributed by atoms with van der Waals surface area (Å²) in [6.07, 6.45) is 10.1. The molecule has 2 heteroatoms. The fraction of sp³-hybridized carbons (Fsp3) is 1.00. The molecule has 1 N–H and O–H groups in total. The van der Waals surface area contributed by atoms with E-state index in [0.717, 1.165) is 18.9 Å². The molecule has 0 spiro atoms. The van der Waals surface area contributed by atoms with E-state index in [1.54, 1.807) is 7.11 Å². The zero-order chi connectivity index (χ0) is 13.4. The van der Waals surface area contributed by atoms with Crippen LogP contribution in [-0.2, 0) is 4.74 Å². The molecular weight excluding hydrogens is 224 g/mol. The van der Waals surface area contributed by atoms with Gasteiger partial charge < -0.3 is 9.84 Å². The number of aliphatic hydroxyl groups excluding tert-OH is 1. The molecule has 1 fully saturated rings. The summed E-state index contributed by atoms with van der Waals surface area (Å²) in [4.78, 5) is 0. The monoisotopic (exact) mass is 256 g/mol. The van der Waals surface area contributed by atoms with Crippen LogP contribution in [-0.4, -0.2) is 24.9 Å². The van der Waals surface area contributed by atoms with Crippen molar-refractivity contribution >= 4 is 0 Å². The highest BCUT2D eigenvalue weighted by molar-refractivity contribution is 4.80. The van der Waals surface area contributed by atoms with Gasteiger partial charge in [-0.1, -0.05) is 46.0 Å². The van der Waals surface area contributed by atoms with E-state index in [9.17, 15) is 5.11 Å². The zero-order valence-corrected chi connectivity index (χ0v) is 12.5. The predicted octanol–water partition coefficient (Wildman–Crippen LogP) is 4.02. The van der Waals surface area contributed by atoms with Gasteiger partial charge >= 0.3 is 0 Å². The van der Waals surface area contributed by atoms with Crippen LogP contribution in [0, 0.1) is 17.8 Å². The molecule has 108 valence electrons. The molecule has 0 bridgehead atoms. The summed E-state index contributed by atoms with van der Waals surface area (Å²) in [5, 5.41) is 10.4. The predicted molar refractivity (Wildman–Crippen MR) is 76.6 cm³/mol. The molecule has 18 heavy (non-hydrogen) atoms. The standard InChI is InChI=1S/C16H32O2/c1-4-5-6-14-7-9-15(10-8-14)16(17)13(2)11-12-18-3/h13-17H,4-12H2,1-3H3. The van der Waals surface area contributed by atoms with Gasteiger partial charge in [0, 0.05) is 13.7 Å². The molecule has 2 unspecified atom stereocenters. The Labute approximate surface area is 113 Å². The van der Waals surface area contributed by atoms with Crippen molar-refractivity contribution in [2.45, 2.75) is 71.3 Å². The Morgan fingerprint density at radius 1 is 1.22 bits per heavy atom. The second kappa shape index (κ2) is 8.92. The lowest BCUT2D eigenvalue weighted by Gasteiger charge is -2.34. The number of unbranched alkanes of at least 4 members (excludes halogenated alkanes) is 1. The van der Waals surface area contributed by atoms with Crippen LogP contribution >= 0.6 is 0 Å². The van der Waals surface area contributed by atoms with Gasteiger partial charge in [-0.15, -0.1) is 0 Å². The molecule has 2 nitrogen and oxygen atoms in total. The third-order valence-corrected chi connectivity index (χ3v) is 4.70. The quantitative estimate of drug-likeness (QED) is 0.711. The molecule has 1 rings (SSSR count). The maximum absolute atomic E-state index is 10.4. The van der Waals surface area contributed by atoms with Crippen molar-refractivity contribution in [1.82, 2.24) is 0 Å². The van der Waals surface area contributed by atoms with E-state index in [1.165, 1.54) is 44.9 Å². The summed E-state index contributed by atoms with van der Waals surface area (Å²) < 4.78 is 5.10. The average Bonchev–Trinajstić information content (AvgIpc) is 2.42. The molecule has 1 aliphatic rings. The van der Waals surface area contributed by atoms with E-state index in [-0.39, 0.29) is 6.10 Å². The lowest BCUT2D eigenvalue weighted by molar-refractivity contribution is 0.0196. The van der Waals surface area contributed by atoms with Crippen molar-refractivity contribution < 1.29 is 9.84 Å². The SMILES string of the molecule is CCCCC1CCC(C(O)C(C)CCOC)CC1. The van der Waals surface area contributed by atoms with Crippen molar-refractivity contribution in [3.63, 3.8) is 0 Å². The largest absolute Gasteiger partial charge is 0.393 e. The minimum absolute atomic E-state index is 0.118. The van der Waals surface area contributed by atoms with Crippen LogP contribution in [0.2, 0.25) is 0 Å². The Hall–Kier alpha value is -0.0800. The Morgan fingerprint density at radius 2 is 1.89 bits per heavy atom. The van der Waals surface area contributed by atoms with Gasteiger partial charge in [0.2, 0.25) is 0 Å². The Kier molecular flexibility index (Phi) is 7.92. The maximum Gasteiger partial charge on any atom is 0.0594 e. The first-order valence-electron chi connectivity index (χ1n) is 7.86. The van der Waals surface area contributed by atoms with Gasteiger partial charge in [-0.05, 0) is 37.0 Å². The van der Waals surface area contributed by atoms with E-state index < -0.39 is 0 Å². The molecule has 0 saturated heterocycles. The minimum atomic E-state index is -0.118. The van der Waals surface area contributed by atoms with Crippen LogP contribution < -0.4 is 0 Å². The molecular formula is C16H32O2. The topological polar surface area (TPSA) is 29.5 Å². The first-order chi connectivity index (χ1) is 8.69. The van der Waals surface area contributed by atoms with E-state index in [1.807, 2.05) is 0 Å². The number of ether oxygens (including phenoxy) is 1. The van der Waals surface area contributed by atoms with Crippen LogP contribution in [0.1, 0.15) is 65.2 Å². The lowest BCUT2D eigenvalue weighted by Crippen LogP contribution is -2.31. The number of hydrogen-bond acceptors (Lipinski definition) is 2. The lowest BCUT2D eigenvalue weighted by atomic mass is 9.75. The first-order valence-corrected chi connectivity index (χ1v) is 7.86. The molecule has 2 atom stereocenters. The summed E-state index contributed by atoms with van der Waals surface area (Å²) in [5.74, 6) is 1.85. The Bertz CT molecular complexity index is 197. The second-order valence-electron chi connectivity index (χ2n) is 6.17. The van der Waals surface area contributed by atoms with Crippen LogP contribution in [0.3, 0.4) is 0 Å². The van der Waals surface area contributed by atoms with Crippen molar-refractivity contribution in [2.24, 2.45) is 17.8 Å². The van der Waals surface area contributed by atoms with E-state index >= 15 is 0 Å². The van der Waals surface area contributed by atoms with Crippen LogP contribution in [0.25, 0.3) is 0 Å². The minimum Gasteiger partial charge on any atom is -0.393 e. The highest BCUT2D eigenvalue weighted by Crippen LogP contribution is 2.35. The van der Waals surface area contributed by atoms with Gasteiger partial charge in [0.15, 0.2) is 0 Å². The van der Waals surface area contributed by atoms with E-state index in [4.69, 9.17) is 4.74 Å². The van der Waals surface area contributed by atoms with Crippen molar-refractivity contribution in [1.29, 1.82) is 0 Å². The highest BCUT2D eigenvalue weighted by atomic mass is 16.5. The summed E-state index contributed by atoms with van der Waals surface area (Å²) in [7, 11) is 1.73. The summed E-state index contributed by atoms with van der Waals surface area (Å²) in [6, 6.07) is 0. The molecule has 1 aliphatic carbocycles. The van der Waals surface area contributed by atoms with Gasteiger partial charge in [0.1, 0.15) is 0 Å². The van der Waals surface area contributed by atoms with Crippen molar-refractivity contribution in [2.75, 3.05) is 13.7 Å². The van der Waals surface area contributed by atoms with Gasteiger partial charge in [0.25, 0.3) is 0 Å². The smallest absolute Gasteiger partial charge is 0.0594 e. The molecule has 0 aromatic carbocycles.